The van der Waals surface area contributed by atoms with Crippen LogP contribution in [0, 0.1) is 11.3 Å². The Morgan fingerprint density at radius 3 is 2.71 bits per heavy atom. The summed E-state index contributed by atoms with van der Waals surface area (Å²) in [5.41, 5.74) is 0.231. The number of alkyl halides is 1. The number of hydrogen-bond acceptors (Lipinski definition) is 4. The van der Waals surface area contributed by atoms with Gasteiger partial charge in [0.1, 0.15) is 6.07 Å². The molecule has 1 rings (SSSR count). The minimum Gasteiger partial charge on any atom is -0.224 e. The van der Waals surface area contributed by atoms with Crippen LogP contribution in [0.25, 0.3) is 0 Å². The van der Waals surface area contributed by atoms with Crippen molar-refractivity contribution in [2.45, 2.75) is 16.2 Å². The summed E-state index contributed by atoms with van der Waals surface area (Å²) in [6.45, 7) is 0. The van der Waals surface area contributed by atoms with E-state index in [0.29, 0.717) is 17.2 Å². The molecule has 0 fully saturated rings. The maximum absolute atomic E-state index is 12.0. The van der Waals surface area contributed by atoms with Gasteiger partial charge in [-0.15, -0.1) is 23.4 Å². The predicted molar refractivity (Wildman–Crippen MR) is 70.3 cm³/mol. The highest BCUT2D eigenvalue weighted by Gasteiger charge is 2.20. The molecule has 0 aliphatic heterocycles. The van der Waals surface area contributed by atoms with Gasteiger partial charge in [-0.2, -0.15) is 5.26 Å². The van der Waals surface area contributed by atoms with E-state index in [2.05, 4.69) is 0 Å². The lowest BCUT2D eigenvalue weighted by atomic mass is 10.2. The van der Waals surface area contributed by atoms with E-state index >= 15 is 0 Å². The predicted octanol–water partition coefficient (Wildman–Crippen LogP) is 2.68. The molecule has 0 aliphatic carbocycles. The van der Waals surface area contributed by atoms with Crippen LogP contribution in [0.5, 0.6) is 0 Å². The molecule has 0 unspecified atom stereocenters. The van der Waals surface area contributed by atoms with Gasteiger partial charge in [-0.3, -0.25) is 0 Å². The van der Waals surface area contributed by atoms with E-state index in [-0.39, 0.29) is 16.2 Å². The summed E-state index contributed by atoms with van der Waals surface area (Å²) in [5.74, 6) is 0.270. The van der Waals surface area contributed by atoms with E-state index in [9.17, 15) is 8.42 Å². The van der Waals surface area contributed by atoms with Crippen molar-refractivity contribution >= 4 is 33.2 Å². The Kier molecular flexibility index (Phi) is 5.31. The van der Waals surface area contributed by atoms with E-state index in [1.165, 1.54) is 17.8 Å². The van der Waals surface area contributed by atoms with Crippen molar-refractivity contribution in [1.82, 2.24) is 0 Å². The molecule has 0 atom stereocenters. The zero-order chi connectivity index (χ0) is 12.9. The van der Waals surface area contributed by atoms with Crippen LogP contribution >= 0.6 is 23.4 Å². The van der Waals surface area contributed by atoms with Crippen molar-refractivity contribution in [2.75, 3.05) is 17.9 Å². The molecule has 1 aromatic carbocycles. The Labute approximate surface area is 111 Å². The fraction of sp³-hybridized carbons (Fsp3) is 0.364. The highest BCUT2D eigenvalue weighted by molar-refractivity contribution is 7.98. The van der Waals surface area contributed by atoms with Crippen LogP contribution in [-0.4, -0.2) is 26.3 Å². The quantitative estimate of drug-likeness (QED) is 0.618. The van der Waals surface area contributed by atoms with Crippen molar-refractivity contribution < 1.29 is 8.42 Å². The summed E-state index contributed by atoms with van der Waals surface area (Å²) in [5, 5.41) is 9.07. The highest BCUT2D eigenvalue weighted by atomic mass is 35.5. The molecular weight excluding hydrogens is 278 g/mol. The number of hydrogen-bond donors (Lipinski definition) is 0. The summed E-state index contributed by atoms with van der Waals surface area (Å²) in [4.78, 5) is 0.788. The van der Waals surface area contributed by atoms with Gasteiger partial charge in [0.15, 0.2) is 9.84 Å². The lowest BCUT2D eigenvalue weighted by Crippen LogP contribution is -2.09. The number of thioether (sulfide) groups is 1. The van der Waals surface area contributed by atoms with Crippen molar-refractivity contribution in [3.8, 4) is 6.07 Å². The van der Waals surface area contributed by atoms with E-state index in [0.717, 1.165) is 0 Å². The second-order valence-corrected chi connectivity index (χ2v) is 6.61. The molecule has 6 heteroatoms. The molecule has 0 spiro atoms. The van der Waals surface area contributed by atoms with Crippen LogP contribution in [0.2, 0.25) is 0 Å². The van der Waals surface area contributed by atoms with Gasteiger partial charge in [0.25, 0.3) is 0 Å². The fourth-order valence-electron chi connectivity index (χ4n) is 1.40. The maximum Gasteiger partial charge on any atom is 0.179 e. The van der Waals surface area contributed by atoms with Crippen LogP contribution in [0.15, 0.2) is 28.0 Å². The van der Waals surface area contributed by atoms with Crippen molar-refractivity contribution in [1.29, 1.82) is 5.26 Å². The third-order valence-electron chi connectivity index (χ3n) is 2.20. The molecule has 0 amide bonds. The summed E-state index contributed by atoms with van der Waals surface area (Å²) >= 11 is 6.85. The Hall–Kier alpha value is -0.700. The molecule has 0 N–H and O–H groups in total. The zero-order valence-electron chi connectivity index (χ0n) is 9.31. The van der Waals surface area contributed by atoms with Crippen LogP contribution in [0.3, 0.4) is 0 Å². The average Bonchev–Trinajstić information content (AvgIpc) is 2.35. The Morgan fingerprint density at radius 2 is 2.18 bits per heavy atom. The van der Waals surface area contributed by atoms with Crippen molar-refractivity contribution in [3.05, 3.63) is 23.8 Å². The smallest absolute Gasteiger partial charge is 0.179 e. The van der Waals surface area contributed by atoms with E-state index in [1.807, 2.05) is 12.3 Å². The second-order valence-electron chi connectivity index (χ2n) is 3.31. The van der Waals surface area contributed by atoms with Gasteiger partial charge in [0.2, 0.25) is 0 Å². The van der Waals surface area contributed by atoms with Gasteiger partial charge >= 0.3 is 0 Å². The molecule has 1 aromatic rings. The van der Waals surface area contributed by atoms with Crippen LogP contribution in [-0.2, 0) is 9.84 Å². The van der Waals surface area contributed by atoms with Gasteiger partial charge in [-0.1, -0.05) is 6.07 Å². The van der Waals surface area contributed by atoms with Gasteiger partial charge in [-0.25, -0.2) is 8.42 Å². The van der Waals surface area contributed by atoms with Crippen LogP contribution in [0.1, 0.15) is 12.0 Å². The van der Waals surface area contributed by atoms with Gasteiger partial charge in [0.05, 0.1) is 16.2 Å². The summed E-state index contributed by atoms with van der Waals surface area (Å²) < 4.78 is 24.0. The largest absolute Gasteiger partial charge is 0.224 e. The van der Waals surface area contributed by atoms with E-state index < -0.39 is 9.84 Å². The fourth-order valence-corrected chi connectivity index (χ4v) is 3.83. The number of benzene rings is 1. The molecule has 0 radical (unpaired) electrons. The SMILES string of the molecule is CSc1cccc(S(=O)(=O)CCCCl)c1C#N. The minimum absolute atomic E-state index is 0.0248. The molecule has 92 valence electrons. The average molecular weight is 290 g/mol. The van der Waals surface area contributed by atoms with Gasteiger partial charge in [-0.05, 0) is 24.8 Å². The zero-order valence-corrected chi connectivity index (χ0v) is 11.7. The molecule has 0 aromatic heterocycles. The molecule has 0 saturated carbocycles. The first-order valence-corrected chi connectivity index (χ1v) is 8.33. The summed E-state index contributed by atoms with van der Waals surface area (Å²) in [6.07, 6.45) is 2.20. The first-order valence-electron chi connectivity index (χ1n) is 4.92. The molecule has 17 heavy (non-hydrogen) atoms. The van der Waals surface area contributed by atoms with Crippen LogP contribution < -0.4 is 0 Å². The number of rotatable bonds is 5. The lowest BCUT2D eigenvalue weighted by molar-refractivity contribution is 0.594. The first kappa shape index (κ1) is 14.4. The normalized spacial score (nSPS) is 11.1. The third kappa shape index (κ3) is 3.38. The number of nitrogens with zero attached hydrogens (tertiary/aromatic N) is 1. The highest BCUT2D eigenvalue weighted by Crippen LogP contribution is 2.26. The molecule has 3 nitrogen and oxygen atoms in total. The minimum atomic E-state index is -3.42. The number of sulfone groups is 1. The Morgan fingerprint density at radius 1 is 1.47 bits per heavy atom. The second kappa shape index (κ2) is 6.29. The van der Waals surface area contributed by atoms with Gasteiger partial charge in [0, 0.05) is 10.8 Å². The first-order chi connectivity index (χ1) is 8.06. The standard InChI is InChI=1S/C11H12ClNO2S2/c1-16-10-4-2-5-11(9(10)8-13)17(14,15)7-3-6-12/h2,4-5H,3,6-7H2,1H3. The Bertz CT molecular complexity index is 535. The molecule has 0 heterocycles. The number of nitriles is 1. The molecule has 0 bridgehead atoms. The maximum atomic E-state index is 12.0. The summed E-state index contributed by atoms with van der Waals surface area (Å²) in [7, 11) is -3.42. The van der Waals surface area contributed by atoms with Crippen molar-refractivity contribution in [3.63, 3.8) is 0 Å². The molecule has 0 aliphatic rings. The van der Waals surface area contributed by atoms with Crippen molar-refractivity contribution in [2.24, 2.45) is 0 Å². The molecule has 0 saturated heterocycles. The monoisotopic (exact) mass is 289 g/mol. The number of halogens is 1. The molecular formula is C11H12ClNO2S2. The topological polar surface area (TPSA) is 57.9 Å². The Balaban J connectivity index is 3.28. The van der Waals surface area contributed by atoms with Gasteiger partial charge < -0.3 is 0 Å². The summed E-state index contributed by atoms with van der Waals surface area (Å²) in [6, 6.07) is 6.83. The third-order valence-corrected chi connectivity index (χ3v) is 5.09. The lowest BCUT2D eigenvalue weighted by Gasteiger charge is -2.08. The van der Waals surface area contributed by atoms with Crippen LogP contribution in [0.4, 0.5) is 0 Å². The van der Waals surface area contributed by atoms with E-state index in [1.54, 1.807) is 12.1 Å². The van der Waals surface area contributed by atoms with E-state index in [4.69, 9.17) is 16.9 Å².